The number of aromatic nitrogens is 1. The van der Waals surface area contributed by atoms with Gasteiger partial charge in [0.15, 0.2) is 12.7 Å². The van der Waals surface area contributed by atoms with Crippen LogP contribution in [-0.4, -0.2) is 7.11 Å². The lowest BCUT2D eigenvalue weighted by Crippen LogP contribution is -2.35. The number of nitrogen functional groups attached to an aromatic ring is 1. The van der Waals surface area contributed by atoms with E-state index in [1.807, 2.05) is 41.1 Å². The molecule has 1 aromatic carbocycles. The van der Waals surface area contributed by atoms with Crippen LogP contribution in [0.1, 0.15) is 5.56 Å². The van der Waals surface area contributed by atoms with Crippen molar-refractivity contribution in [2.24, 2.45) is 0 Å². The molecule has 0 radical (unpaired) electrons. The quantitative estimate of drug-likeness (QED) is 0.790. The molecule has 0 fully saturated rings. The second-order valence-electron chi connectivity index (χ2n) is 3.62. The molecule has 1 aromatic heterocycles. The summed E-state index contributed by atoms with van der Waals surface area (Å²) in [5, 5.41) is 0. The molecule has 1 heterocycles. The molecule has 0 unspecified atom stereocenters. The van der Waals surface area contributed by atoms with Gasteiger partial charge < -0.3 is 10.5 Å². The smallest absolute Gasteiger partial charge is 0.369 e. The maximum atomic E-state index is 5.70. The van der Waals surface area contributed by atoms with Crippen LogP contribution in [0.25, 0.3) is 0 Å². The third kappa shape index (κ3) is 2.31. The lowest BCUT2D eigenvalue weighted by Gasteiger charge is -2.03. The molecule has 0 amide bonds. The SMILES string of the molecule is COc1cc(N)cc[n+]1Cc1ccccc1. The molecule has 0 aliphatic carbocycles. The summed E-state index contributed by atoms with van der Waals surface area (Å²) in [5.41, 5.74) is 7.64. The summed E-state index contributed by atoms with van der Waals surface area (Å²) >= 11 is 0. The van der Waals surface area contributed by atoms with Crippen LogP contribution >= 0.6 is 0 Å². The molecule has 0 spiro atoms. The van der Waals surface area contributed by atoms with Crippen molar-refractivity contribution in [1.82, 2.24) is 0 Å². The number of rotatable bonds is 3. The average molecular weight is 215 g/mol. The van der Waals surface area contributed by atoms with Crippen molar-refractivity contribution in [2.75, 3.05) is 12.8 Å². The van der Waals surface area contributed by atoms with Crippen molar-refractivity contribution in [3.8, 4) is 5.88 Å². The number of ether oxygens (including phenoxy) is 1. The van der Waals surface area contributed by atoms with E-state index in [-0.39, 0.29) is 0 Å². The van der Waals surface area contributed by atoms with Crippen molar-refractivity contribution in [1.29, 1.82) is 0 Å². The van der Waals surface area contributed by atoms with Crippen LogP contribution in [0.4, 0.5) is 5.69 Å². The van der Waals surface area contributed by atoms with E-state index in [1.165, 1.54) is 5.56 Å². The van der Waals surface area contributed by atoms with Gasteiger partial charge >= 0.3 is 5.88 Å². The second kappa shape index (κ2) is 4.66. The van der Waals surface area contributed by atoms with Gasteiger partial charge in [0.1, 0.15) is 0 Å². The van der Waals surface area contributed by atoms with Gasteiger partial charge in [0.2, 0.25) is 0 Å². The van der Waals surface area contributed by atoms with Gasteiger partial charge in [-0.1, -0.05) is 30.3 Å². The lowest BCUT2D eigenvalue weighted by atomic mass is 10.2. The fraction of sp³-hybridized carbons (Fsp3) is 0.154. The number of anilines is 1. The van der Waals surface area contributed by atoms with E-state index >= 15 is 0 Å². The molecule has 0 saturated carbocycles. The van der Waals surface area contributed by atoms with Gasteiger partial charge in [0.05, 0.1) is 13.2 Å². The van der Waals surface area contributed by atoms with Crippen LogP contribution in [0, 0.1) is 0 Å². The van der Waals surface area contributed by atoms with Crippen LogP contribution < -0.4 is 15.0 Å². The van der Waals surface area contributed by atoms with E-state index in [9.17, 15) is 0 Å². The van der Waals surface area contributed by atoms with Crippen molar-refractivity contribution in [2.45, 2.75) is 6.54 Å². The van der Waals surface area contributed by atoms with Crippen LogP contribution in [0.3, 0.4) is 0 Å². The van der Waals surface area contributed by atoms with E-state index in [2.05, 4.69) is 12.1 Å². The Bertz CT molecular complexity index is 469. The Balaban J connectivity index is 2.28. The van der Waals surface area contributed by atoms with Gasteiger partial charge in [0.25, 0.3) is 0 Å². The first-order valence-corrected chi connectivity index (χ1v) is 5.16. The molecule has 3 nitrogen and oxygen atoms in total. The summed E-state index contributed by atoms with van der Waals surface area (Å²) in [5.74, 6) is 0.767. The zero-order valence-electron chi connectivity index (χ0n) is 9.26. The van der Waals surface area contributed by atoms with E-state index < -0.39 is 0 Å². The highest BCUT2D eigenvalue weighted by Gasteiger charge is 2.11. The first-order chi connectivity index (χ1) is 7.79. The highest BCUT2D eigenvalue weighted by atomic mass is 16.5. The summed E-state index contributed by atoms with van der Waals surface area (Å²) in [7, 11) is 1.65. The predicted octanol–water partition coefficient (Wildman–Crippen LogP) is 1.61. The van der Waals surface area contributed by atoms with Crippen molar-refractivity contribution < 1.29 is 9.30 Å². The minimum atomic E-state index is 0.709. The minimum Gasteiger partial charge on any atom is -0.448 e. The minimum absolute atomic E-state index is 0.709. The Morgan fingerprint density at radius 3 is 2.62 bits per heavy atom. The molecular formula is C13H15N2O+. The number of hydrogen-bond donors (Lipinski definition) is 1. The largest absolute Gasteiger partial charge is 0.448 e. The highest BCUT2D eigenvalue weighted by Crippen LogP contribution is 2.09. The molecule has 82 valence electrons. The number of pyridine rings is 1. The molecule has 0 atom stereocenters. The Labute approximate surface area is 95.1 Å². The maximum Gasteiger partial charge on any atom is 0.369 e. The van der Waals surface area contributed by atoms with Crippen LogP contribution in [-0.2, 0) is 6.54 Å². The summed E-state index contributed by atoms with van der Waals surface area (Å²) in [6.45, 7) is 0.782. The topological polar surface area (TPSA) is 39.1 Å². The third-order valence-electron chi connectivity index (χ3n) is 2.43. The van der Waals surface area contributed by atoms with E-state index in [1.54, 1.807) is 7.11 Å². The molecule has 0 saturated heterocycles. The number of methoxy groups -OCH3 is 1. The number of nitrogens with two attached hydrogens (primary N) is 1. The summed E-state index contributed by atoms with van der Waals surface area (Å²) in [4.78, 5) is 0. The summed E-state index contributed by atoms with van der Waals surface area (Å²) in [6, 6.07) is 13.9. The van der Waals surface area contributed by atoms with Gasteiger partial charge in [-0.3, -0.25) is 0 Å². The van der Waals surface area contributed by atoms with Crippen molar-refractivity contribution in [3.05, 3.63) is 54.2 Å². The first-order valence-electron chi connectivity index (χ1n) is 5.16. The molecule has 2 rings (SSSR count). The van der Waals surface area contributed by atoms with Crippen LogP contribution in [0.5, 0.6) is 5.88 Å². The Hall–Kier alpha value is -2.03. The summed E-state index contributed by atoms with van der Waals surface area (Å²) in [6.07, 6.45) is 1.93. The standard InChI is InChI=1S/C13H14N2O/c1-16-13-9-12(14)7-8-15(13)10-11-5-3-2-4-6-11/h2-9,14H,10H2,1H3/p+1. The van der Waals surface area contributed by atoms with Crippen molar-refractivity contribution in [3.63, 3.8) is 0 Å². The number of benzene rings is 1. The fourth-order valence-electron chi connectivity index (χ4n) is 1.61. The molecular weight excluding hydrogens is 200 g/mol. The van der Waals surface area contributed by atoms with Gasteiger partial charge in [-0.2, -0.15) is 4.57 Å². The predicted molar refractivity (Wildman–Crippen MR) is 63.1 cm³/mol. The average Bonchev–Trinajstić information content (AvgIpc) is 2.33. The van der Waals surface area contributed by atoms with Crippen LogP contribution in [0.15, 0.2) is 48.7 Å². The van der Waals surface area contributed by atoms with Gasteiger partial charge in [-0.15, -0.1) is 0 Å². The van der Waals surface area contributed by atoms with E-state index in [0.29, 0.717) is 5.69 Å². The van der Waals surface area contributed by atoms with Gasteiger partial charge in [0, 0.05) is 17.3 Å². The Kier molecular flexibility index (Phi) is 3.05. The molecule has 0 bridgehead atoms. The maximum absolute atomic E-state index is 5.70. The molecule has 0 aliphatic heterocycles. The molecule has 16 heavy (non-hydrogen) atoms. The van der Waals surface area contributed by atoms with Gasteiger partial charge in [-0.25, -0.2) is 0 Å². The van der Waals surface area contributed by atoms with E-state index in [4.69, 9.17) is 10.5 Å². The lowest BCUT2D eigenvalue weighted by molar-refractivity contribution is -0.693. The first kappa shape index (κ1) is 10.5. The highest BCUT2D eigenvalue weighted by molar-refractivity contribution is 5.37. The third-order valence-corrected chi connectivity index (χ3v) is 2.43. The Morgan fingerprint density at radius 2 is 1.94 bits per heavy atom. The molecule has 2 N–H and O–H groups in total. The van der Waals surface area contributed by atoms with Crippen LogP contribution in [0.2, 0.25) is 0 Å². The number of hydrogen-bond acceptors (Lipinski definition) is 2. The molecule has 2 aromatic rings. The molecule has 0 aliphatic rings. The van der Waals surface area contributed by atoms with Gasteiger partial charge in [-0.05, 0) is 0 Å². The van der Waals surface area contributed by atoms with E-state index in [0.717, 1.165) is 12.4 Å². The Morgan fingerprint density at radius 1 is 1.19 bits per heavy atom. The number of nitrogens with zero attached hydrogens (tertiary/aromatic N) is 1. The van der Waals surface area contributed by atoms with Crippen molar-refractivity contribution >= 4 is 5.69 Å². The zero-order chi connectivity index (χ0) is 11.4. The summed E-state index contributed by atoms with van der Waals surface area (Å²) < 4.78 is 7.30. The molecule has 3 heteroatoms. The monoisotopic (exact) mass is 215 g/mol. The second-order valence-corrected chi connectivity index (χ2v) is 3.62. The zero-order valence-corrected chi connectivity index (χ0v) is 9.26. The fourth-order valence-corrected chi connectivity index (χ4v) is 1.61. The normalized spacial score (nSPS) is 10.1.